The Balaban J connectivity index is 2.20. The van der Waals surface area contributed by atoms with Crippen molar-refractivity contribution in [1.29, 1.82) is 0 Å². The van der Waals surface area contributed by atoms with Crippen LogP contribution >= 0.6 is 22.6 Å². The van der Waals surface area contributed by atoms with E-state index in [-0.39, 0.29) is 16.8 Å². The van der Waals surface area contributed by atoms with Crippen LogP contribution in [-0.4, -0.2) is 26.3 Å². The molecule has 7 heteroatoms. The van der Waals surface area contributed by atoms with Crippen LogP contribution in [0.15, 0.2) is 53.4 Å². The third-order valence-corrected chi connectivity index (χ3v) is 5.33. The molecule has 0 aromatic heterocycles. The number of sulfonamides is 1. The minimum Gasteiger partial charge on any atom is -0.335 e. The summed E-state index contributed by atoms with van der Waals surface area (Å²) in [4.78, 5) is 14.2. The van der Waals surface area contributed by atoms with Gasteiger partial charge in [0, 0.05) is 16.2 Å². The number of amides is 1. The quantitative estimate of drug-likeness (QED) is 0.737. The first kappa shape index (κ1) is 17.9. The molecule has 2 N–H and O–H groups in total. The van der Waals surface area contributed by atoms with Crippen molar-refractivity contribution in [3.63, 3.8) is 0 Å². The topological polar surface area (TPSA) is 80.5 Å². The molecular formula is C16H17IN2O3S. The summed E-state index contributed by atoms with van der Waals surface area (Å²) in [5.74, 6) is -0.0931. The third-order valence-electron chi connectivity index (χ3n) is 3.68. The Morgan fingerprint density at radius 2 is 1.61 bits per heavy atom. The van der Waals surface area contributed by atoms with Crippen molar-refractivity contribution < 1.29 is 13.2 Å². The second-order valence-corrected chi connectivity index (χ2v) is 8.02. The van der Waals surface area contributed by atoms with Crippen LogP contribution in [0.3, 0.4) is 0 Å². The molecule has 0 saturated carbocycles. The molecule has 0 heterocycles. The Bertz CT molecular complexity index is 802. The molecule has 0 aliphatic carbocycles. The molecule has 0 aliphatic rings. The fourth-order valence-electron chi connectivity index (χ4n) is 2.13. The Hall–Kier alpha value is -1.45. The predicted octanol–water partition coefficient (Wildman–Crippen LogP) is 2.77. The average Bonchev–Trinajstić information content (AvgIpc) is 2.53. The van der Waals surface area contributed by atoms with Gasteiger partial charge >= 0.3 is 0 Å². The van der Waals surface area contributed by atoms with Gasteiger partial charge in [-0.1, -0.05) is 12.1 Å². The number of hydrogen-bond donors (Lipinski definition) is 1. The first-order valence-corrected chi connectivity index (χ1v) is 9.48. The highest BCUT2D eigenvalue weighted by Gasteiger charge is 2.19. The molecule has 0 saturated heterocycles. The fraction of sp³-hybridized carbons (Fsp3) is 0.188. The smallest absolute Gasteiger partial charge is 0.254 e. The number of hydrogen-bond acceptors (Lipinski definition) is 3. The minimum absolute atomic E-state index is 0.0556. The molecule has 5 nitrogen and oxygen atoms in total. The van der Waals surface area contributed by atoms with Crippen LogP contribution < -0.4 is 5.14 Å². The van der Waals surface area contributed by atoms with Gasteiger partial charge in [-0.05, 0) is 71.5 Å². The SMILES string of the molecule is C[C@H](c1ccc(S(N)(=O)=O)cc1)N(C)C(=O)c1ccc(I)cc1. The summed E-state index contributed by atoms with van der Waals surface area (Å²) in [7, 11) is -1.99. The molecule has 2 rings (SSSR count). The van der Waals surface area contributed by atoms with E-state index in [2.05, 4.69) is 22.6 Å². The number of primary sulfonamides is 1. The predicted molar refractivity (Wildman–Crippen MR) is 97.5 cm³/mol. The summed E-state index contributed by atoms with van der Waals surface area (Å²) in [5, 5.41) is 5.09. The van der Waals surface area contributed by atoms with E-state index in [4.69, 9.17) is 5.14 Å². The van der Waals surface area contributed by atoms with Gasteiger partial charge in [0.1, 0.15) is 0 Å². The van der Waals surface area contributed by atoms with E-state index in [9.17, 15) is 13.2 Å². The lowest BCUT2D eigenvalue weighted by Gasteiger charge is -2.25. The summed E-state index contributed by atoms with van der Waals surface area (Å²) < 4.78 is 23.6. The van der Waals surface area contributed by atoms with Gasteiger partial charge < -0.3 is 4.90 Å². The summed E-state index contributed by atoms with van der Waals surface area (Å²) in [6, 6.07) is 13.4. The zero-order chi connectivity index (χ0) is 17.2. The molecule has 0 spiro atoms. The Labute approximate surface area is 149 Å². The molecule has 0 unspecified atom stereocenters. The van der Waals surface area contributed by atoms with Crippen LogP contribution in [0.2, 0.25) is 0 Å². The van der Waals surface area contributed by atoms with Crippen molar-refractivity contribution in [2.24, 2.45) is 5.14 Å². The maximum absolute atomic E-state index is 12.5. The highest BCUT2D eigenvalue weighted by molar-refractivity contribution is 14.1. The van der Waals surface area contributed by atoms with Crippen molar-refractivity contribution in [2.45, 2.75) is 17.9 Å². The Morgan fingerprint density at radius 1 is 1.09 bits per heavy atom. The molecule has 0 bridgehead atoms. The molecule has 2 aromatic rings. The third kappa shape index (κ3) is 4.30. The monoisotopic (exact) mass is 444 g/mol. The lowest BCUT2D eigenvalue weighted by molar-refractivity contribution is 0.0742. The van der Waals surface area contributed by atoms with E-state index < -0.39 is 10.0 Å². The Kier molecular flexibility index (Phi) is 5.43. The first-order chi connectivity index (χ1) is 10.7. The molecule has 2 aromatic carbocycles. The summed E-state index contributed by atoms with van der Waals surface area (Å²) in [6.45, 7) is 1.89. The number of carbonyl (C=O) groups is 1. The second-order valence-electron chi connectivity index (χ2n) is 5.21. The summed E-state index contributed by atoms with van der Waals surface area (Å²) in [5.41, 5.74) is 1.44. The fourth-order valence-corrected chi connectivity index (χ4v) is 3.01. The van der Waals surface area contributed by atoms with Gasteiger partial charge in [0.05, 0.1) is 10.9 Å². The van der Waals surface area contributed by atoms with Gasteiger partial charge in [0.15, 0.2) is 0 Å². The zero-order valence-electron chi connectivity index (χ0n) is 12.7. The molecule has 0 radical (unpaired) electrons. The maximum atomic E-state index is 12.5. The van der Waals surface area contributed by atoms with E-state index in [1.807, 2.05) is 19.1 Å². The van der Waals surface area contributed by atoms with E-state index in [1.165, 1.54) is 12.1 Å². The standard InChI is InChI=1S/C16H17IN2O3S/c1-11(12-5-9-15(10-6-12)23(18,21)22)19(2)16(20)13-3-7-14(17)8-4-13/h3-11H,1-2H3,(H2,18,21,22)/t11-/m1/s1. The van der Waals surface area contributed by atoms with E-state index in [0.29, 0.717) is 5.56 Å². The van der Waals surface area contributed by atoms with Crippen LogP contribution in [0, 0.1) is 3.57 Å². The lowest BCUT2D eigenvalue weighted by atomic mass is 10.1. The Morgan fingerprint density at radius 3 is 2.09 bits per heavy atom. The van der Waals surface area contributed by atoms with Crippen LogP contribution in [0.25, 0.3) is 0 Å². The number of benzene rings is 2. The maximum Gasteiger partial charge on any atom is 0.254 e. The molecule has 122 valence electrons. The van der Waals surface area contributed by atoms with Crippen LogP contribution in [0.4, 0.5) is 0 Å². The van der Waals surface area contributed by atoms with Gasteiger partial charge in [-0.25, -0.2) is 13.6 Å². The number of nitrogens with two attached hydrogens (primary N) is 1. The molecule has 1 amide bonds. The van der Waals surface area contributed by atoms with Gasteiger partial charge in [0.2, 0.25) is 10.0 Å². The average molecular weight is 444 g/mol. The normalized spacial score (nSPS) is 12.7. The van der Waals surface area contributed by atoms with Crippen molar-refractivity contribution in [1.82, 2.24) is 4.90 Å². The summed E-state index contributed by atoms with van der Waals surface area (Å²) in [6.07, 6.45) is 0. The molecular weight excluding hydrogens is 427 g/mol. The molecule has 0 fully saturated rings. The lowest BCUT2D eigenvalue weighted by Crippen LogP contribution is -2.29. The number of halogens is 1. The molecule has 1 atom stereocenters. The first-order valence-electron chi connectivity index (χ1n) is 6.85. The van der Waals surface area contributed by atoms with Crippen LogP contribution in [-0.2, 0) is 10.0 Å². The van der Waals surface area contributed by atoms with Gasteiger partial charge in [-0.2, -0.15) is 0 Å². The second kappa shape index (κ2) is 6.98. The largest absolute Gasteiger partial charge is 0.335 e. The van der Waals surface area contributed by atoms with Gasteiger partial charge in [-0.15, -0.1) is 0 Å². The van der Waals surface area contributed by atoms with Crippen molar-refractivity contribution in [2.75, 3.05) is 7.05 Å². The van der Waals surface area contributed by atoms with Crippen molar-refractivity contribution in [3.05, 3.63) is 63.2 Å². The number of rotatable bonds is 4. The van der Waals surface area contributed by atoms with Gasteiger partial charge in [-0.3, -0.25) is 4.79 Å². The van der Waals surface area contributed by atoms with Crippen molar-refractivity contribution >= 4 is 38.5 Å². The zero-order valence-corrected chi connectivity index (χ0v) is 15.7. The van der Waals surface area contributed by atoms with Crippen LogP contribution in [0.1, 0.15) is 28.9 Å². The molecule has 23 heavy (non-hydrogen) atoms. The van der Waals surface area contributed by atoms with E-state index in [1.54, 1.807) is 36.2 Å². The minimum atomic E-state index is -3.71. The highest BCUT2D eigenvalue weighted by Crippen LogP contribution is 2.22. The number of nitrogens with zero attached hydrogens (tertiary/aromatic N) is 1. The number of carbonyl (C=O) groups excluding carboxylic acids is 1. The summed E-state index contributed by atoms with van der Waals surface area (Å²) >= 11 is 2.19. The van der Waals surface area contributed by atoms with Crippen LogP contribution in [0.5, 0.6) is 0 Å². The highest BCUT2D eigenvalue weighted by atomic mass is 127. The molecule has 0 aliphatic heterocycles. The van der Waals surface area contributed by atoms with Gasteiger partial charge in [0.25, 0.3) is 5.91 Å². The van der Waals surface area contributed by atoms with E-state index in [0.717, 1.165) is 9.13 Å². The van der Waals surface area contributed by atoms with E-state index >= 15 is 0 Å². The van der Waals surface area contributed by atoms with Crippen molar-refractivity contribution in [3.8, 4) is 0 Å².